The third kappa shape index (κ3) is 3.68. The lowest BCUT2D eigenvalue weighted by Crippen LogP contribution is -2.08. The molecule has 5 nitrogen and oxygen atoms in total. The van der Waals surface area contributed by atoms with Gasteiger partial charge in [0.25, 0.3) is 0 Å². The van der Waals surface area contributed by atoms with Gasteiger partial charge in [0.15, 0.2) is 0 Å². The molecule has 0 saturated heterocycles. The van der Waals surface area contributed by atoms with E-state index in [2.05, 4.69) is 53.1 Å². The van der Waals surface area contributed by atoms with Gasteiger partial charge in [-0.2, -0.15) is 0 Å². The Morgan fingerprint density at radius 1 is 1.30 bits per heavy atom. The number of hydrogen-bond donors (Lipinski definition) is 1. The average Bonchev–Trinajstić information content (AvgIpc) is 3.44. The highest BCUT2D eigenvalue weighted by molar-refractivity contribution is 5.96. The summed E-state index contributed by atoms with van der Waals surface area (Å²) in [6.45, 7) is 5.42. The van der Waals surface area contributed by atoms with Crippen LogP contribution in [0.25, 0.3) is 10.9 Å². The summed E-state index contributed by atoms with van der Waals surface area (Å²) >= 11 is 0. The number of anilines is 2. The molecule has 4 rings (SSSR count). The van der Waals surface area contributed by atoms with Gasteiger partial charge in [-0.3, -0.25) is 0 Å². The summed E-state index contributed by atoms with van der Waals surface area (Å²) in [5.41, 5.74) is 3.71. The molecule has 5 heteroatoms. The zero-order valence-electron chi connectivity index (χ0n) is 16.0. The number of carbonyl (C=O) groups is 1. The average molecular weight is 363 g/mol. The molecule has 27 heavy (non-hydrogen) atoms. The van der Waals surface area contributed by atoms with Crippen molar-refractivity contribution in [2.24, 2.45) is 5.92 Å². The molecule has 0 spiro atoms. The molecule has 1 aliphatic carbocycles. The molecule has 1 fully saturated rings. The molecular weight excluding hydrogens is 338 g/mol. The quantitative estimate of drug-likeness (QED) is 0.619. The van der Waals surface area contributed by atoms with E-state index in [4.69, 9.17) is 4.74 Å². The SMILES string of the molecule is COC(=O)c1cc(C2CC2)cnc1Nc1ccc2c(ccn2CC(C)C)c1. The highest BCUT2D eigenvalue weighted by Gasteiger charge is 2.26. The van der Waals surface area contributed by atoms with E-state index in [0.29, 0.717) is 23.2 Å². The van der Waals surface area contributed by atoms with Gasteiger partial charge >= 0.3 is 5.97 Å². The van der Waals surface area contributed by atoms with Gasteiger partial charge in [0, 0.05) is 35.5 Å². The summed E-state index contributed by atoms with van der Waals surface area (Å²) < 4.78 is 7.23. The van der Waals surface area contributed by atoms with Crippen molar-refractivity contribution >= 4 is 28.4 Å². The largest absolute Gasteiger partial charge is 0.465 e. The lowest BCUT2D eigenvalue weighted by molar-refractivity contribution is 0.0601. The second-order valence-corrected chi connectivity index (χ2v) is 7.69. The maximum atomic E-state index is 12.2. The van der Waals surface area contributed by atoms with Gasteiger partial charge in [0.1, 0.15) is 11.4 Å². The Balaban J connectivity index is 1.64. The molecule has 0 amide bonds. The number of methoxy groups -OCH3 is 1. The predicted octanol–water partition coefficient (Wildman–Crippen LogP) is 5.10. The van der Waals surface area contributed by atoms with Crippen molar-refractivity contribution in [3.8, 4) is 0 Å². The van der Waals surface area contributed by atoms with Crippen LogP contribution in [0.15, 0.2) is 42.7 Å². The van der Waals surface area contributed by atoms with E-state index in [9.17, 15) is 4.79 Å². The van der Waals surface area contributed by atoms with Crippen LogP contribution in [0, 0.1) is 5.92 Å². The molecule has 0 bridgehead atoms. The molecule has 0 radical (unpaired) electrons. The molecule has 1 aliphatic rings. The van der Waals surface area contributed by atoms with Crippen molar-refractivity contribution < 1.29 is 9.53 Å². The van der Waals surface area contributed by atoms with E-state index in [-0.39, 0.29) is 5.97 Å². The highest BCUT2D eigenvalue weighted by Crippen LogP contribution is 2.40. The van der Waals surface area contributed by atoms with Gasteiger partial charge in [0.05, 0.1) is 7.11 Å². The van der Waals surface area contributed by atoms with Crippen LogP contribution < -0.4 is 5.32 Å². The van der Waals surface area contributed by atoms with Crippen LogP contribution in [-0.4, -0.2) is 22.6 Å². The Kier molecular flexibility index (Phi) is 4.60. The topological polar surface area (TPSA) is 56.1 Å². The van der Waals surface area contributed by atoms with Crippen LogP contribution in [0.2, 0.25) is 0 Å². The van der Waals surface area contributed by atoms with Crippen LogP contribution in [0.4, 0.5) is 11.5 Å². The molecule has 2 heterocycles. The number of carbonyl (C=O) groups excluding carboxylic acids is 1. The fraction of sp³-hybridized carbons (Fsp3) is 0.364. The monoisotopic (exact) mass is 363 g/mol. The number of pyridine rings is 1. The fourth-order valence-corrected chi connectivity index (χ4v) is 3.45. The van der Waals surface area contributed by atoms with Gasteiger partial charge in [-0.15, -0.1) is 0 Å². The number of hydrogen-bond acceptors (Lipinski definition) is 4. The zero-order chi connectivity index (χ0) is 19.0. The molecule has 0 unspecified atom stereocenters. The van der Waals surface area contributed by atoms with E-state index < -0.39 is 0 Å². The van der Waals surface area contributed by atoms with Crippen LogP contribution in [0.5, 0.6) is 0 Å². The van der Waals surface area contributed by atoms with Crippen molar-refractivity contribution in [1.29, 1.82) is 0 Å². The van der Waals surface area contributed by atoms with Gasteiger partial charge in [-0.25, -0.2) is 9.78 Å². The molecule has 1 saturated carbocycles. The van der Waals surface area contributed by atoms with Crippen molar-refractivity contribution in [2.45, 2.75) is 39.2 Å². The summed E-state index contributed by atoms with van der Waals surface area (Å²) in [5, 5.41) is 4.46. The Morgan fingerprint density at radius 2 is 2.11 bits per heavy atom. The Hall–Kier alpha value is -2.82. The summed E-state index contributed by atoms with van der Waals surface area (Å²) in [7, 11) is 1.40. The fourth-order valence-electron chi connectivity index (χ4n) is 3.45. The smallest absolute Gasteiger partial charge is 0.341 e. The first-order valence-corrected chi connectivity index (χ1v) is 9.49. The first kappa shape index (κ1) is 17.6. The number of aromatic nitrogens is 2. The van der Waals surface area contributed by atoms with Crippen LogP contribution >= 0.6 is 0 Å². The van der Waals surface area contributed by atoms with Crippen LogP contribution in [0.3, 0.4) is 0 Å². The molecule has 0 aliphatic heterocycles. The van der Waals surface area contributed by atoms with E-state index in [0.717, 1.165) is 23.2 Å². The molecule has 1 N–H and O–H groups in total. The molecule has 0 atom stereocenters. The first-order chi connectivity index (χ1) is 13.0. The standard InChI is InChI=1S/C22H25N3O2/c1-14(2)13-25-9-8-16-10-18(6-7-20(16)25)24-21-19(22(26)27-3)11-17(12-23-21)15-4-5-15/h6-12,14-15H,4-5,13H2,1-3H3,(H,23,24). The Labute approximate surface area is 159 Å². The molecule has 1 aromatic carbocycles. The van der Waals surface area contributed by atoms with Gasteiger partial charge in [-0.1, -0.05) is 13.8 Å². The molecule has 3 aromatic rings. The summed E-state index contributed by atoms with van der Waals surface area (Å²) in [4.78, 5) is 16.7. The second-order valence-electron chi connectivity index (χ2n) is 7.69. The van der Waals surface area contributed by atoms with E-state index >= 15 is 0 Å². The number of rotatable bonds is 6. The minimum absolute atomic E-state index is 0.364. The molecule has 2 aromatic heterocycles. The van der Waals surface area contributed by atoms with Crippen molar-refractivity contribution in [3.63, 3.8) is 0 Å². The normalized spacial score (nSPS) is 13.9. The van der Waals surface area contributed by atoms with Crippen molar-refractivity contribution in [3.05, 3.63) is 53.9 Å². The van der Waals surface area contributed by atoms with Crippen molar-refractivity contribution in [2.75, 3.05) is 12.4 Å². The number of esters is 1. The number of benzene rings is 1. The van der Waals surface area contributed by atoms with E-state index in [1.165, 1.54) is 25.5 Å². The minimum Gasteiger partial charge on any atom is -0.465 e. The summed E-state index contributed by atoms with van der Waals surface area (Å²) in [6, 6.07) is 10.3. The summed E-state index contributed by atoms with van der Waals surface area (Å²) in [5.74, 6) is 1.30. The van der Waals surface area contributed by atoms with E-state index in [1.807, 2.05) is 18.3 Å². The van der Waals surface area contributed by atoms with Crippen molar-refractivity contribution in [1.82, 2.24) is 9.55 Å². The second kappa shape index (κ2) is 7.06. The third-order valence-corrected chi connectivity index (χ3v) is 4.96. The molecule has 140 valence electrons. The predicted molar refractivity (Wildman–Crippen MR) is 108 cm³/mol. The van der Waals surface area contributed by atoms with Gasteiger partial charge in [0.2, 0.25) is 0 Å². The number of nitrogens with one attached hydrogen (secondary N) is 1. The maximum Gasteiger partial charge on any atom is 0.341 e. The third-order valence-electron chi connectivity index (χ3n) is 4.96. The van der Waals surface area contributed by atoms with Gasteiger partial charge in [-0.05, 0) is 60.6 Å². The Bertz CT molecular complexity index is 986. The summed E-state index contributed by atoms with van der Waals surface area (Å²) in [6.07, 6.45) is 6.32. The highest BCUT2D eigenvalue weighted by atomic mass is 16.5. The number of nitrogens with zero attached hydrogens (tertiary/aromatic N) is 2. The van der Waals surface area contributed by atoms with E-state index in [1.54, 1.807) is 0 Å². The number of fused-ring (bicyclic) bond motifs is 1. The van der Waals surface area contributed by atoms with Crippen LogP contribution in [0.1, 0.15) is 48.5 Å². The van der Waals surface area contributed by atoms with Gasteiger partial charge < -0.3 is 14.6 Å². The van der Waals surface area contributed by atoms with Crippen LogP contribution in [-0.2, 0) is 11.3 Å². The lowest BCUT2D eigenvalue weighted by atomic mass is 10.1. The number of ether oxygens (including phenoxy) is 1. The lowest BCUT2D eigenvalue weighted by Gasteiger charge is -2.12. The Morgan fingerprint density at radius 3 is 2.81 bits per heavy atom. The molecular formula is C22H25N3O2. The minimum atomic E-state index is -0.364. The maximum absolute atomic E-state index is 12.2. The zero-order valence-corrected chi connectivity index (χ0v) is 16.0. The first-order valence-electron chi connectivity index (χ1n) is 9.49.